The molecule has 1 N–H and O–H groups in total. The molecule has 27 heavy (non-hydrogen) atoms. The third kappa shape index (κ3) is 3.75. The van der Waals surface area contributed by atoms with Gasteiger partial charge in [-0.05, 0) is 42.8 Å². The molecular formula is C19H15N5O2S. The molecule has 3 heterocycles. The molecule has 4 rings (SSSR count). The van der Waals surface area contributed by atoms with Crippen LogP contribution < -0.4 is 10.9 Å². The van der Waals surface area contributed by atoms with Crippen LogP contribution in [0.3, 0.4) is 0 Å². The summed E-state index contributed by atoms with van der Waals surface area (Å²) < 4.78 is 2.14. The smallest absolute Gasteiger partial charge is 0.267 e. The second-order valence-corrected chi connectivity index (χ2v) is 7.02. The van der Waals surface area contributed by atoms with Crippen molar-refractivity contribution in [2.75, 3.05) is 5.32 Å². The number of nitrogens with zero attached hydrogens (tertiary/aromatic N) is 4. The normalized spacial score (nSPS) is 10.9. The minimum Gasteiger partial charge on any atom is -0.300 e. The van der Waals surface area contributed by atoms with Crippen molar-refractivity contribution in [3.05, 3.63) is 70.8 Å². The average Bonchev–Trinajstić information content (AvgIpc) is 3.05. The first-order valence-corrected chi connectivity index (χ1v) is 9.06. The minimum atomic E-state index is -0.354. The lowest BCUT2D eigenvalue weighted by Gasteiger charge is -2.06. The Morgan fingerprint density at radius 2 is 1.96 bits per heavy atom. The molecule has 0 aliphatic heterocycles. The molecule has 0 fully saturated rings. The second kappa shape index (κ2) is 7.08. The second-order valence-electron chi connectivity index (χ2n) is 5.99. The molecular weight excluding hydrogens is 362 g/mol. The average molecular weight is 377 g/mol. The summed E-state index contributed by atoms with van der Waals surface area (Å²) in [6, 6.07) is 12.5. The van der Waals surface area contributed by atoms with E-state index in [1.807, 2.05) is 25.1 Å². The van der Waals surface area contributed by atoms with Crippen molar-refractivity contribution in [2.24, 2.45) is 0 Å². The topological polar surface area (TPSA) is 89.8 Å². The molecule has 0 atom stereocenters. The number of pyridine rings is 1. The molecule has 0 saturated carbocycles. The van der Waals surface area contributed by atoms with Gasteiger partial charge in [0.05, 0.1) is 15.9 Å². The largest absolute Gasteiger partial charge is 0.300 e. The van der Waals surface area contributed by atoms with E-state index in [4.69, 9.17) is 0 Å². The number of hydrogen-bond donors (Lipinski definition) is 1. The summed E-state index contributed by atoms with van der Waals surface area (Å²) in [5, 5.41) is 7.52. The fourth-order valence-corrected chi connectivity index (χ4v) is 3.60. The highest BCUT2D eigenvalue weighted by Crippen LogP contribution is 2.26. The molecule has 3 aromatic heterocycles. The molecule has 7 nitrogen and oxygen atoms in total. The maximum absolute atomic E-state index is 12.4. The van der Waals surface area contributed by atoms with Gasteiger partial charge in [0.2, 0.25) is 5.91 Å². The van der Waals surface area contributed by atoms with Gasteiger partial charge in [0.1, 0.15) is 6.54 Å². The number of aryl methyl sites for hydroxylation is 1. The van der Waals surface area contributed by atoms with Gasteiger partial charge in [0.25, 0.3) is 5.56 Å². The molecule has 1 aromatic carbocycles. The highest BCUT2D eigenvalue weighted by Gasteiger charge is 2.11. The van der Waals surface area contributed by atoms with Crippen LogP contribution >= 0.6 is 11.3 Å². The summed E-state index contributed by atoms with van der Waals surface area (Å²) in [7, 11) is 0. The lowest BCUT2D eigenvalue weighted by Crippen LogP contribution is -2.29. The van der Waals surface area contributed by atoms with Crippen molar-refractivity contribution in [1.82, 2.24) is 19.7 Å². The van der Waals surface area contributed by atoms with Crippen LogP contribution in [0.15, 0.2) is 59.7 Å². The Labute approximate surface area is 158 Å². The van der Waals surface area contributed by atoms with E-state index in [1.165, 1.54) is 17.4 Å². The Morgan fingerprint density at radius 1 is 1.15 bits per heavy atom. The number of rotatable bonds is 4. The number of carbonyl (C=O) groups excluding carboxylic acids is 1. The van der Waals surface area contributed by atoms with Gasteiger partial charge in [-0.1, -0.05) is 17.4 Å². The standard InChI is InChI=1S/C19H15N5O2S/c1-12-2-3-15-16(10-12)27-19(21-15)22-17(25)11-24-18(26)5-4-14(23-24)13-6-8-20-9-7-13/h2-10H,11H2,1H3,(H,21,22,25). The molecule has 0 spiro atoms. The van der Waals surface area contributed by atoms with Gasteiger partial charge < -0.3 is 5.32 Å². The number of thiazole rings is 1. The summed E-state index contributed by atoms with van der Waals surface area (Å²) in [6.45, 7) is 1.82. The molecule has 0 radical (unpaired) electrons. The van der Waals surface area contributed by atoms with Gasteiger partial charge in [-0.2, -0.15) is 5.10 Å². The Hall–Kier alpha value is -3.39. The first kappa shape index (κ1) is 17.0. The van der Waals surface area contributed by atoms with E-state index < -0.39 is 0 Å². The van der Waals surface area contributed by atoms with Crippen molar-refractivity contribution in [3.63, 3.8) is 0 Å². The molecule has 0 saturated heterocycles. The van der Waals surface area contributed by atoms with E-state index in [2.05, 4.69) is 20.4 Å². The Kier molecular flexibility index (Phi) is 4.47. The molecule has 0 aliphatic carbocycles. The van der Waals surface area contributed by atoms with Crippen LogP contribution in [-0.2, 0) is 11.3 Å². The van der Waals surface area contributed by atoms with Crippen LogP contribution in [0, 0.1) is 6.92 Å². The number of hydrogen-bond acceptors (Lipinski definition) is 6. The zero-order chi connectivity index (χ0) is 18.8. The maximum atomic E-state index is 12.4. The van der Waals surface area contributed by atoms with Gasteiger partial charge in [-0.3, -0.25) is 14.6 Å². The summed E-state index contributed by atoms with van der Waals surface area (Å²) in [5.41, 5.74) is 3.03. The predicted molar refractivity (Wildman–Crippen MR) is 105 cm³/mol. The van der Waals surface area contributed by atoms with Gasteiger partial charge in [0.15, 0.2) is 5.13 Å². The first-order chi connectivity index (χ1) is 13.1. The Bertz CT molecular complexity index is 1180. The van der Waals surface area contributed by atoms with Gasteiger partial charge in [0, 0.05) is 24.0 Å². The Morgan fingerprint density at radius 3 is 2.78 bits per heavy atom. The number of amides is 1. The number of benzene rings is 1. The SMILES string of the molecule is Cc1ccc2nc(NC(=O)Cn3nc(-c4ccncc4)ccc3=O)sc2c1. The van der Waals surface area contributed by atoms with Crippen LogP contribution in [0.5, 0.6) is 0 Å². The van der Waals surface area contributed by atoms with E-state index in [-0.39, 0.29) is 18.0 Å². The monoisotopic (exact) mass is 377 g/mol. The number of anilines is 1. The van der Waals surface area contributed by atoms with Crippen molar-refractivity contribution in [3.8, 4) is 11.3 Å². The molecule has 8 heteroatoms. The summed E-state index contributed by atoms with van der Waals surface area (Å²) >= 11 is 1.40. The quantitative estimate of drug-likeness (QED) is 0.591. The molecule has 134 valence electrons. The number of nitrogens with one attached hydrogen (secondary N) is 1. The molecule has 4 aromatic rings. The third-order valence-electron chi connectivity index (χ3n) is 3.93. The van der Waals surface area contributed by atoms with Gasteiger partial charge >= 0.3 is 0 Å². The fourth-order valence-electron chi connectivity index (χ4n) is 2.62. The van der Waals surface area contributed by atoms with E-state index in [9.17, 15) is 9.59 Å². The van der Waals surface area contributed by atoms with Crippen LogP contribution in [0.25, 0.3) is 21.5 Å². The molecule has 0 unspecified atom stereocenters. The van der Waals surface area contributed by atoms with Crippen LogP contribution in [0.2, 0.25) is 0 Å². The lowest BCUT2D eigenvalue weighted by atomic mass is 10.2. The molecule has 1 amide bonds. The van der Waals surface area contributed by atoms with Gasteiger partial charge in [-0.15, -0.1) is 0 Å². The van der Waals surface area contributed by atoms with E-state index in [0.29, 0.717) is 10.8 Å². The van der Waals surface area contributed by atoms with E-state index >= 15 is 0 Å². The first-order valence-electron chi connectivity index (χ1n) is 8.24. The molecule has 0 aliphatic rings. The molecule has 0 bridgehead atoms. The van der Waals surface area contributed by atoms with E-state index in [0.717, 1.165) is 26.0 Å². The van der Waals surface area contributed by atoms with Crippen LogP contribution in [-0.4, -0.2) is 25.7 Å². The van der Waals surface area contributed by atoms with Crippen molar-refractivity contribution >= 4 is 32.6 Å². The van der Waals surface area contributed by atoms with Crippen LogP contribution in [0.1, 0.15) is 5.56 Å². The third-order valence-corrected chi connectivity index (χ3v) is 4.86. The fraction of sp³-hybridized carbons (Fsp3) is 0.105. The zero-order valence-electron chi connectivity index (χ0n) is 14.4. The summed E-state index contributed by atoms with van der Waals surface area (Å²) in [4.78, 5) is 32.8. The zero-order valence-corrected chi connectivity index (χ0v) is 15.2. The lowest BCUT2D eigenvalue weighted by molar-refractivity contribution is -0.117. The Balaban J connectivity index is 1.54. The predicted octanol–water partition coefficient (Wildman–Crippen LogP) is 2.86. The summed E-state index contributed by atoms with van der Waals surface area (Å²) in [5.74, 6) is -0.354. The highest BCUT2D eigenvalue weighted by atomic mass is 32.1. The van der Waals surface area contributed by atoms with Crippen LogP contribution in [0.4, 0.5) is 5.13 Å². The minimum absolute atomic E-state index is 0.188. The van der Waals surface area contributed by atoms with Crippen molar-refractivity contribution < 1.29 is 4.79 Å². The van der Waals surface area contributed by atoms with E-state index in [1.54, 1.807) is 30.6 Å². The van der Waals surface area contributed by atoms with Gasteiger partial charge in [-0.25, -0.2) is 9.67 Å². The number of carbonyl (C=O) groups is 1. The highest BCUT2D eigenvalue weighted by molar-refractivity contribution is 7.22. The van der Waals surface area contributed by atoms with Crippen molar-refractivity contribution in [2.45, 2.75) is 13.5 Å². The number of aromatic nitrogens is 4. The van der Waals surface area contributed by atoms with Crippen molar-refractivity contribution in [1.29, 1.82) is 0 Å². The maximum Gasteiger partial charge on any atom is 0.267 e. The number of fused-ring (bicyclic) bond motifs is 1. The summed E-state index contributed by atoms with van der Waals surface area (Å²) in [6.07, 6.45) is 3.29.